The third-order valence-electron chi connectivity index (χ3n) is 2.87. The van der Waals surface area contributed by atoms with Crippen molar-refractivity contribution in [3.05, 3.63) is 0 Å². The Kier molecular flexibility index (Phi) is 5.44. The van der Waals surface area contributed by atoms with Crippen molar-refractivity contribution < 1.29 is 8.42 Å². The van der Waals surface area contributed by atoms with Crippen molar-refractivity contribution in [3.8, 4) is 0 Å². The fraction of sp³-hybridized carbons (Fsp3) is 1.00. The minimum atomic E-state index is -2.17. The van der Waals surface area contributed by atoms with Crippen molar-refractivity contribution in [2.75, 3.05) is 0 Å². The Labute approximate surface area is 82.7 Å². The molecule has 0 bridgehead atoms. The van der Waals surface area contributed by atoms with E-state index in [9.17, 15) is 8.42 Å². The van der Waals surface area contributed by atoms with Crippen LogP contribution in [0.3, 0.4) is 0 Å². The van der Waals surface area contributed by atoms with Gasteiger partial charge in [-0.2, -0.15) is 0 Å². The topological polar surface area (TPSA) is 34.1 Å². The van der Waals surface area contributed by atoms with E-state index in [4.69, 9.17) is 0 Å². The zero-order chi connectivity index (χ0) is 9.52. The van der Waals surface area contributed by atoms with E-state index in [0.29, 0.717) is 0 Å². The van der Waals surface area contributed by atoms with Gasteiger partial charge < -0.3 is 0 Å². The van der Waals surface area contributed by atoms with Gasteiger partial charge in [0.15, 0.2) is 0 Å². The maximum atomic E-state index is 10.9. The average Bonchev–Trinajstić information content (AvgIpc) is 2.14. The summed E-state index contributed by atoms with van der Waals surface area (Å²) in [7, 11) is -2.17. The van der Waals surface area contributed by atoms with Crippen molar-refractivity contribution in [1.29, 1.82) is 0 Å². The van der Waals surface area contributed by atoms with Gasteiger partial charge in [0, 0.05) is 0 Å². The highest BCUT2D eigenvalue weighted by Gasteiger charge is 2.11. The molecule has 1 rings (SSSR count). The van der Waals surface area contributed by atoms with Crippen LogP contribution in [0.2, 0.25) is 0 Å². The zero-order valence-corrected chi connectivity index (χ0v) is 9.10. The Hall–Kier alpha value is -0.0500. The number of rotatable bonds is 1. The summed E-state index contributed by atoms with van der Waals surface area (Å²) in [5.41, 5.74) is 0. The Morgan fingerprint density at radius 3 is 1.46 bits per heavy atom. The molecule has 2 nitrogen and oxygen atoms in total. The molecule has 1 fully saturated rings. The molecule has 0 spiro atoms. The zero-order valence-electron chi connectivity index (χ0n) is 8.21. The van der Waals surface area contributed by atoms with Crippen LogP contribution in [0.5, 0.6) is 0 Å². The molecule has 1 saturated carbocycles. The predicted octanol–water partition coefficient (Wildman–Crippen LogP) is 2.49. The molecule has 0 N–H and O–H groups in total. The summed E-state index contributed by atoms with van der Waals surface area (Å²) in [4.78, 5) is 0. The van der Waals surface area contributed by atoms with Gasteiger partial charge in [0.2, 0.25) is 0 Å². The van der Waals surface area contributed by atoms with Crippen LogP contribution in [0.15, 0.2) is 0 Å². The highest BCUT2D eigenvalue weighted by atomic mass is 32.2. The molecular formula is C10H20O2S. The molecule has 0 aromatic carbocycles. The summed E-state index contributed by atoms with van der Waals surface area (Å²) in [5, 5.41) is -0.0203. The van der Waals surface area contributed by atoms with E-state index in [0.717, 1.165) is 25.7 Å². The van der Waals surface area contributed by atoms with E-state index < -0.39 is 10.7 Å². The van der Waals surface area contributed by atoms with E-state index in [1.807, 2.05) is 0 Å². The van der Waals surface area contributed by atoms with Crippen molar-refractivity contribution in [3.63, 3.8) is 0 Å². The minimum absolute atomic E-state index is 0.0203. The summed E-state index contributed by atoms with van der Waals surface area (Å²) in [6, 6.07) is 0. The van der Waals surface area contributed by atoms with E-state index in [1.165, 1.54) is 32.1 Å². The van der Waals surface area contributed by atoms with Crippen molar-refractivity contribution in [2.24, 2.45) is 0 Å². The van der Waals surface area contributed by atoms with Crippen LogP contribution >= 0.6 is 0 Å². The molecule has 0 amide bonds. The lowest BCUT2D eigenvalue weighted by Crippen LogP contribution is -2.10. The highest BCUT2D eigenvalue weighted by molar-refractivity contribution is 7.73. The summed E-state index contributed by atoms with van der Waals surface area (Å²) < 4.78 is 21.7. The number of hydrogen-bond donors (Lipinski definition) is 1. The molecule has 13 heavy (non-hydrogen) atoms. The molecule has 0 aromatic rings. The Bertz CT molecular complexity index is 181. The molecule has 0 radical (unpaired) electrons. The molecule has 0 aliphatic heterocycles. The van der Waals surface area contributed by atoms with Crippen LogP contribution in [-0.2, 0) is 10.7 Å². The third kappa shape index (κ3) is 4.65. The first-order valence-electron chi connectivity index (χ1n) is 5.44. The largest absolute Gasteiger partial charge is 0.232 e. The SMILES string of the molecule is O=[SH](=O)C1CCCCCCCCC1. The molecule has 1 aliphatic carbocycles. The van der Waals surface area contributed by atoms with Crippen LogP contribution in [0.4, 0.5) is 0 Å². The standard InChI is InChI=1S/C10H20O2S/c11-13(12)10-8-6-4-2-1-3-5-7-9-10/h10,13H,1-9H2. The van der Waals surface area contributed by atoms with Gasteiger partial charge in [-0.1, -0.05) is 44.9 Å². The first kappa shape index (κ1) is 11.0. The highest BCUT2D eigenvalue weighted by Crippen LogP contribution is 2.18. The minimum Gasteiger partial charge on any atom is -0.232 e. The van der Waals surface area contributed by atoms with Gasteiger partial charge in [-0.15, -0.1) is 0 Å². The van der Waals surface area contributed by atoms with Crippen LogP contribution in [0, 0.1) is 0 Å². The molecular weight excluding hydrogens is 184 g/mol. The van der Waals surface area contributed by atoms with Crippen LogP contribution in [0.25, 0.3) is 0 Å². The second-order valence-corrected chi connectivity index (χ2v) is 5.29. The monoisotopic (exact) mass is 204 g/mol. The normalized spacial score (nSPS) is 23.2. The van der Waals surface area contributed by atoms with Gasteiger partial charge >= 0.3 is 0 Å². The van der Waals surface area contributed by atoms with Gasteiger partial charge in [-0.3, -0.25) is 0 Å². The van der Waals surface area contributed by atoms with Gasteiger partial charge in [0.25, 0.3) is 0 Å². The molecule has 3 heteroatoms. The smallest absolute Gasteiger partial charge is 0.143 e. The summed E-state index contributed by atoms with van der Waals surface area (Å²) in [6.45, 7) is 0. The van der Waals surface area contributed by atoms with E-state index >= 15 is 0 Å². The van der Waals surface area contributed by atoms with Crippen molar-refractivity contribution in [1.82, 2.24) is 0 Å². The Morgan fingerprint density at radius 1 is 0.692 bits per heavy atom. The lowest BCUT2D eigenvalue weighted by molar-refractivity contribution is 0.496. The van der Waals surface area contributed by atoms with Gasteiger partial charge in [0.1, 0.15) is 10.7 Å². The molecule has 78 valence electrons. The van der Waals surface area contributed by atoms with Crippen molar-refractivity contribution in [2.45, 2.75) is 63.0 Å². The Balaban J connectivity index is 2.34. The van der Waals surface area contributed by atoms with Crippen LogP contribution in [0.1, 0.15) is 57.8 Å². The summed E-state index contributed by atoms with van der Waals surface area (Å²) in [6.07, 6.45) is 10.4. The fourth-order valence-electron chi connectivity index (χ4n) is 2.00. The molecule has 0 aromatic heterocycles. The second-order valence-electron chi connectivity index (χ2n) is 3.99. The van der Waals surface area contributed by atoms with E-state index in [2.05, 4.69) is 0 Å². The maximum absolute atomic E-state index is 10.9. The first-order valence-corrected chi connectivity index (χ1v) is 6.69. The van der Waals surface area contributed by atoms with Crippen LogP contribution < -0.4 is 0 Å². The van der Waals surface area contributed by atoms with E-state index in [-0.39, 0.29) is 5.25 Å². The summed E-state index contributed by atoms with van der Waals surface area (Å²) in [5.74, 6) is 0. The molecule has 1 aliphatic rings. The number of thiol groups is 1. The average molecular weight is 204 g/mol. The lowest BCUT2D eigenvalue weighted by Gasteiger charge is -2.12. The van der Waals surface area contributed by atoms with Gasteiger partial charge in [0.05, 0.1) is 5.25 Å². The molecule has 0 unspecified atom stereocenters. The predicted molar refractivity (Wildman–Crippen MR) is 55.7 cm³/mol. The Morgan fingerprint density at radius 2 is 1.08 bits per heavy atom. The third-order valence-corrected chi connectivity index (χ3v) is 3.99. The van der Waals surface area contributed by atoms with Gasteiger partial charge in [-0.25, -0.2) is 8.42 Å². The quantitative estimate of drug-likeness (QED) is 0.666. The number of hydrogen-bond acceptors (Lipinski definition) is 2. The second kappa shape index (κ2) is 6.41. The fourth-order valence-corrected chi connectivity index (χ4v) is 2.79. The van der Waals surface area contributed by atoms with Gasteiger partial charge in [-0.05, 0) is 12.8 Å². The van der Waals surface area contributed by atoms with Crippen LogP contribution in [-0.4, -0.2) is 13.7 Å². The molecule has 0 heterocycles. The lowest BCUT2D eigenvalue weighted by atomic mass is 10.0. The first-order chi connectivity index (χ1) is 6.30. The van der Waals surface area contributed by atoms with Crippen molar-refractivity contribution >= 4 is 10.7 Å². The summed E-state index contributed by atoms with van der Waals surface area (Å²) >= 11 is 0. The maximum Gasteiger partial charge on any atom is 0.143 e. The molecule has 0 atom stereocenters. The molecule has 0 saturated heterocycles. The van der Waals surface area contributed by atoms with E-state index in [1.54, 1.807) is 0 Å².